The fraction of sp³-hybridized carbons (Fsp3) is 0.909. The van der Waals surface area contributed by atoms with Crippen LogP contribution in [-0.2, 0) is 9.53 Å². The highest BCUT2D eigenvalue weighted by Gasteiger charge is 2.18. The van der Waals surface area contributed by atoms with Crippen LogP contribution in [0.15, 0.2) is 0 Å². The Morgan fingerprint density at radius 2 is 1.86 bits per heavy atom. The molecule has 3 heteroatoms. The molecule has 1 aliphatic heterocycles. The minimum absolute atomic E-state index is 0.0956. The number of hydrogen-bond donors (Lipinski definition) is 0. The molecule has 0 radical (unpaired) electrons. The average Bonchev–Trinajstić information content (AvgIpc) is 2.45. The first-order valence-corrected chi connectivity index (χ1v) is 5.55. The Morgan fingerprint density at radius 3 is 2.36 bits per heavy atom. The minimum Gasteiger partial charge on any atom is -0.469 e. The van der Waals surface area contributed by atoms with Gasteiger partial charge in [0.1, 0.15) is 0 Å². The highest BCUT2D eigenvalue weighted by molar-refractivity contribution is 5.69. The van der Waals surface area contributed by atoms with Gasteiger partial charge in [0.15, 0.2) is 0 Å². The molecule has 0 aromatic rings. The molecule has 1 atom stereocenters. The van der Waals surface area contributed by atoms with Crippen molar-refractivity contribution < 1.29 is 9.53 Å². The molecular weight excluding hydrogens is 178 g/mol. The van der Waals surface area contributed by atoms with Crippen molar-refractivity contribution in [2.24, 2.45) is 0 Å². The lowest BCUT2D eigenvalue weighted by atomic mass is 10.2. The number of methoxy groups -OCH3 is 1. The molecule has 1 saturated heterocycles. The highest BCUT2D eigenvalue weighted by Crippen LogP contribution is 2.14. The molecule has 0 saturated carbocycles. The first kappa shape index (κ1) is 11.5. The second kappa shape index (κ2) is 6.02. The summed E-state index contributed by atoms with van der Waals surface area (Å²) in [6, 6.07) is 0.334. The molecule has 0 aliphatic carbocycles. The number of likely N-dealkylation sites (tertiary alicyclic amines) is 1. The standard InChI is InChI=1S/C11H21NO2/c1-10(9-11(13)14-2)12-7-5-3-4-6-8-12/h10H,3-9H2,1-2H3/t10-/m0/s1. The topological polar surface area (TPSA) is 29.5 Å². The summed E-state index contributed by atoms with van der Waals surface area (Å²) in [6.07, 6.45) is 5.73. The number of carbonyl (C=O) groups excluding carboxylic acids is 1. The van der Waals surface area contributed by atoms with Crippen LogP contribution in [0.3, 0.4) is 0 Å². The first-order valence-electron chi connectivity index (χ1n) is 5.55. The fourth-order valence-electron chi connectivity index (χ4n) is 1.99. The van der Waals surface area contributed by atoms with E-state index in [4.69, 9.17) is 0 Å². The van der Waals surface area contributed by atoms with E-state index in [9.17, 15) is 4.79 Å². The number of rotatable bonds is 3. The summed E-state index contributed by atoms with van der Waals surface area (Å²) in [5, 5.41) is 0. The van der Waals surface area contributed by atoms with E-state index in [2.05, 4.69) is 16.6 Å². The average molecular weight is 199 g/mol. The van der Waals surface area contributed by atoms with Crippen LogP contribution in [0.5, 0.6) is 0 Å². The van der Waals surface area contributed by atoms with E-state index in [0.717, 1.165) is 13.1 Å². The summed E-state index contributed by atoms with van der Waals surface area (Å²) in [6.45, 7) is 4.39. The Bertz CT molecular complexity index is 174. The van der Waals surface area contributed by atoms with E-state index in [1.54, 1.807) is 0 Å². The fourth-order valence-corrected chi connectivity index (χ4v) is 1.99. The van der Waals surface area contributed by atoms with Crippen LogP contribution in [0.25, 0.3) is 0 Å². The van der Waals surface area contributed by atoms with E-state index in [1.165, 1.54) is 32.8 Å². The molecule has 0 amide bonds. The molecule has 1 rings (SSSR count). The van der Waals surface area contributed by atoms with Crippen molar-refractivity contribution >= 4 is 5.97 Å². The van der Waals surface area contributed by atoms with E-state index in [1.807, 2.05) is 0 Å². The summed E-state index contributed by atoms with van der Waals surface area (Å²) in [7, 11) is 1.46. The Hall–Kier alpha value is -0.570. The quantitative estimate of drug-likeness (QED) is 0.649. The Morgan fingerprint density at radius 1 is 1.29 bits per heavy atom. The van der Waals surface area contributed by atoms with Gasteiger partial charge in [-0.3, -0.25) is 4.79 Å². The highest BCUT2D eigenvalue weighted by atomic mass is 16.5. The van der Waals surface area contributed by atoms with Gasteiger partial charge in [-0.2, -0.15) is 0 Å². The van der Waals surface area contributed by atoms with Crippen molar-refractivity contribution in [2.75, 3.05) is 20.2 Å². The van der Waals surface area contributed by atoms with Crippen molar-refractivity contribution in [3.05, 3.63) is 0 Å². The maximum atomic E-state index is 11.1. The summed E-state index contributed by atoms with van der Waals surface area (Å²) >= 11 is 0. The van der Waals surface area contributed by atoms with E-state index < -0.39 is 0 Å². The van der Waals surface area contributed by atoms with Crippen molar-refractivity contribution in [1.29, 1.82) is 0 Å². The Labute approximate surface area is 86.4 Å². The third kappa shape index (κ3) is 3.66. The van der Waals surface area contributed by atoms with Crippen LogP contribution < -0.4 is 0 Å². The van der Waals surface area contributed by atoms with E-state index in [-0.39, 0.29) is 5.97 Å². The van der Waals surface area contributed by atoms with Crippen LogP contribution in [0.2, 0.25) is 0 Å². The van der Waals surface area contributed by atoms with Gasteiger partial charge in [0.05, 0.1) is 13.5 Å². The van der Waals surface area contributed by atoms with E-state index >= 15 is 0 Å². The molecular formula is C11H21NO2. The zero-order valence-corrected chi connectivity index (χ0v) is 9.29. The maximum absolute atomic E-state index is 11.1. The van der Waals surface area contributed by atoms with Crippen LogP contribution in [0.4, 0.5) is 0 Å². The zero-order chi connectivity index (χ0) is 10.4. The molecule has 0 spiro atoms. The van der Waals surface area contributed by atoms with Gasteiger partial charge in [0.25, 0.3) is 0 Å². The second-order valence-corrected chi connectivity index (χ2v) is 4.08. The third-order valence-electron chi connectivity index (χ3n) is 2.95. The lowest BCUT2D eigenvalue weighted by Crippen LogP contribution is -2.35. The van der Waals surface area contributed by atoms with Gasteiger partial charge in [0, 0.05) is 6.04 Å². The van der Waals surface area contributed by atoms with Crippen molar-refractivity contribution in [1.82, 2.24) is 4.90 Å². The largest absolute Gasteiger partial charge is 0.469 e. The zero-order valence-electron chi connectivity index (χ0n) is 9.29. The minimum atomic E-state index is -0.0956. The van der Waals surface area contributed by atoms with Crippen molar-refractivity contribution in [3.63, 3.8) is 0 Å². The molecule has 1 fully saturated rings. The molecule has 0 aromatic carbocycles. The smallest absolute Gasteiger partial charge is 0.307 e. The summed E-state index contributed by atoms with van der Waals surface area (Å²) in [5.41, 5.74) is 0. The SMILES string of the molecule is COC(=O)C[C@H](C)N1CCCCCC1. The molecule has 1 aliphatic rings. The molecule has 1 heterocycles. The number of ether oxygens (including phenoxy) is 1. The molecule has 3 nitrogen and oxygen atoms in total. The first-order chi connectivity index (χ1) is 6.74. The van der Waals surface area contributed by atoms with Crippen molar-refractivity contribution in [2.45, 2.75) is 45.1 Å². The van der Waals surface area contributed by atoms with Crippen molar-refractivity contribution in [3.8, 4) is 0 Å². The van der Waals surface area contributed by atoms with Crippen LogP contribution in [-0.4, -0.2) is 37.1 Å². The molecule has 0 N–H and O–H groups in total. The molecule has 14 heavy (non-hydrogen) atoms. The number of esters is 1. The van der Waals surface area contributed by atoms with Gasteiger partial charge in [-0.1, -0.05) is 12.8 Å². The van der Waals surface area contributed by atoms with Crippen LogP contribution >= 0.6 is 0 Å². The molecule has 0 aromatic heterocycles. The van der Waals surface area contributed by atoms with E-state index in [0.29, 0.717) is 12.5 Å². The van der Waals surface area contributed by atoms with Gasteiger partial charge in [-0.25, -0.2) is 0 Å². The van der Waals surface area contributed by atoms with Gasteiger partial charge in [0.2, 0.25) is 0 Å². The molecule has 0 unspecified atom stereocenters. The lowest BCUT2D eigenvalue weighted by molar-refractivity contribution is -0.141. The normalized spacial score (nSPS) is 21.3. The summed E-state index contributed by atoms with van der Waals surface area (Å²) in [4.78, 5) is 13.5. The van der Waals surface area contributed by atoms with Gasteiger partial charge < -0.3 is 9.64 Å². The number of hydrogen-bond acceptors (Lipinski definition) is 3. The molecule has 82 valence electrons. The second-order valence-electron chi connectivity index (χ2n) is 4.08. The lowest BCUT2D eigenvalue weighted by Gasteiger charge is -2.26. The van der Waals surface area contributed by atoms with Crippen LogP contribution in [0.1, 0.15) is 39.0 Å². The molecule has 0 bridgehead atoms. The monoisotopic (exact) mass is 199 g/mol. The Kier molecular flexibility index (Phi) is 4.94. The van der Waals surface area contributed by atoms with Gasteiger partial charge >= 0.3 is 5.97 Å². The van der Waals surface area contributed by atoms with Gasteiger partial charge in [-0.15, -0.1) is 0 Å². The predicted molar refractivity (Wildman–Crippen MR) is 56.1 cm³/mol. The van der Waals surface area contributed by atoms with Crippen LogP contribution in [0, 0.1) is 0 Å². The predicted octanol–water partition coefficient (Wildman–Crippen LogP) is 1.81. The number of nitrogens with zero attached hydrogens (tertiary/aromatic N) is 1. The van der Waals surface area contributed by atoms with Gasteiger partial charge in [-0.05, 0) is 32.9 Å². The number of carbonyl (C=O) groups is 1. The maximum Gasteiger partial charge on any atom is 0.307 e. The third-order valence-corrected chi connectivity index (χ3v) is 2.95. The Balaban J connectivity index is 2.33. The summed E-state index contributed by atoms with van der Waals surface area (Å²) in [5.74, 6) is -0.0956. The summed E-state index contributed by atoms with van der Waals surface area (Å²) < 4.78 is 4.68.